The molecule has 8 heteroatoms. The highest BCUT2D eigenvalue weighted by atomic mass is 32.2. The highest BCUT2D eigenvalue weighted by Gasteiger charge is 2.35. The minimum absolute atomic E-state index is 0.0971. The van der Waals surface area contributed by atoms with E-state index in [0.29, 0.717) is 12.1 Å². The fraction of sp³-hybridized carbons (Fsp3) is 0.429. The van der Waals surface area contributed by atoms with Gasteiger partial charge in [0.1, 0.15) is 12.6 Å². The molecule has 0 aromatic heterocycles. The molecule has 230 valence electrons. The number of hydrogen-bond acceptors (Lipinski definition) is 4. The Hall–Kier alpha value is -3.65. The van der Waals surface area contributed by atoms with Crippen molar-refractivity contribution in [2.75, 3.05) is 10.8 Å². The van der Waals surface area contributed by atoms with Crippen LogP contribution in [0.1, 0.15) is 73.3 Å². The lowest BCUT2D eigenvalue weighted by molar-refractivity contribution is -0.140. The number of anilines is 1. The van der Waals surface area contributed by atoms with Gasteiger partial charge in [0.15, 0.2) is 0 Å². The van der Waals surface area contributed by atoms with Gasteiger partial charge in [-0.2, -0.15) is 0 Å². The Kier molecular flexibility index (Phi) is 10.7. The molecule has 0 aliphatic heterocycles. The lowest BCUT2D eigenvalue weighted by Crippen LogP contribution is -2.54. The molecule has 4 rings (SSSR count). The molecule has 0 bridgehead atoms. The van der Waals surface area contributed by atoms with Gasteiger partial charge in [-0.05, 0) is 76.3 Å². The molecule has 7 nitrogen and oxygen atoms in total. The first-order valence-electron chi connectivity index (χ1n) is 15.3. The molecule has 1 atom stereocenters. The maximum Gasteiger partial charge on any atom is 0.264 e. The van der Waals surface area contributed by atoms with Gasteiger partial charge in [0.05, 0.1) is 10.6 Å². The summed E-state index contributed by atoms with van der Waals surface area (Å²) in [5.74, 6) is -0.613. The molecular formula is C35H45N3O4S. The minimum atomic E-state index is -4.10. The molecule has 1 saturated carbocycles. The first kappa shape index (κ1) is 32.3. The summed E-state index contributed by atoms with van der Waals surface area (Å²) in [4.78, 5) is 29.7. The Morgan fingerprint density at radius 3 is 2.14 bits per heavy atom. The number of carbonyl (C=O) groups excluding carboxylic acids is 2. The van der Waals surface area contributed by atoms with Crippen molar-refractivity contribution >= 4 is 27.5 Å². The van der Waals surface area contributed by atoms with Gasteiger partial charge in [-0.1, -0.05) is 91.4 Å². The van der Waals surface area contributed by atoms with Crippen molar-refractivity contribution in [2.45, 2.75) is 96.7 Å². The van der Waals surface area contributed by atoms with Gasteiger partial charge in [0.2, 0.25) is 11.8 Å². The highest BCUT2D eigenvalue weighted by Crippen LogP contribution is 2.29. The lowest BCUT2D eigenvalue weighted by atomic mass is 9.95. The topological polar surface area (TPSA) is 86.8 Å². The van der Waals surface area contributed by atoms with Crippen molar-refractivity contribution in [2.24, 2.45) is 0 Å². The molecule has 0 spiro atoms. The Labute approximate surface area is 257 Å². The number of sulfonamides is 1. The number of aryl methyl sites for hydroxylation is 4. The Balaban J connectivity index is 1.73. The largest absolute Gasteiger partial charge is 0.352 e. The number of benzene rings is 3. The summed E-state index contributed by atoms with van der Waals surface area (Å²) >= 11 is 0. The first-order chi connectivity index (χ1) is 20.5. The van der Waals surface area contributed by atoms with E-state index in [1.54, 1.807) is 35.2 Å². The van der Waals surface area contributed by atoms with Crippen LogP contribution in [0.25, 0.3) is 0 Å². The number of rotatable bonds is 11. The quantitative estimate of drug-likeness (QED) is 0.276. The van der Waals surface area contributed by atoms with Crippen LogP contribution in [0, 0.1) is 27.7 Å². The van der Waals surface area contributed by atoms with E-state index in [1.807, 2.05) is 71.0 Å². The summed E-state index contributed by atoms with van der Waals surface area (Å²) in [6.45, 7) is 9.34. The molecule has 0 heterocycles. The summed E-state index contributed by atoms with van der Waals surface area (Å²) in [5.41, 5.74) is 5.05. The molecule has 43 heavy (non-hydrogen) atoms. The fourth-order valence-electron chi connectivity index (χ4n) is 5.91. The van der Waals surface area contributed by atoms with E-state index >= 15 is 0 Å². The van der Waals surface area contributed by atoms with Crippen LogP contribution >= 0.6 is 0 Å². The monoisotopic (exact) mass is 603 g/mol. The van der Waals surface area contributed by atoms with Gasteiger partial charge in [-0.15, -0.1) is 0 Å². The van der Waals surface area contributed by atoms with Crippen LogP contribution in [0.15, 0.2) is 71.6 Å². The highest BCUT2D eigenvalue weighted by molar-refractivity contribution is 7.92. The number of amides is 2. The molecule has 1 N–H and O–H groups in total. The standard InChI is InChI=1S/C35H45N3O4S/c1-6-32(35(40)36-30-13-8-7-9-14-30)37(23-29-12-10-11-26(3)22-29)34(39)24-38(33-20-17-27(4)21-28(33)5)43(41,42)31-18-15-25(2)16-19-31/h10-12,15-22,30,32H,6-9,13-14,23-24H2,1-5H3,(H,36,40)/t32-/m1/s1. The second-order valence-electron chi connectivity index (χ2n) is 11.9. The molecule has 0 radical (unpaired) electrons. The summed E-state index contributed by atoms with van der Waals surface area (Å²) in [6.07, 6.45) is 5.60. The first-order valence-corrected chi connectivity index (χ1v) is 16.8. The van der Waals surface area contributed by atoms with Crippen LogP contribution in [-0.2, 0) is 26.2 Å². The normalized spacial score (nSPS) is 14.6. The molecule has 1 aliphatic rings. The number of nitrogens with zero attached hydrogens (tertiary/aromatic N) is 2. The zero-order valence-electron chi connectivity index (χ0n) is 26.1. The van der Waals surface area contributed by atoms with E-state index in [-0.39, 0.29) is 23.4 Å². The third-order valence-corrected chi connectivity index (χ3v) is 10.1. The average Bonchev–Trinajstić information content (AvgIpc) is 2.97. The molecule has 2 amide bonds. The molecule has 1 aliphatic carbocycles. The maximum atomic E-state index is 14.4. The van der Waals surface area contributed by atoms with E-state index < -0.39 is 28.5 Å². The van der Waals surface area contributed by atoms with Crippen molar-refractivity contribution in [1.29, 1.82) is 0 Å². The molecule has 3 aromatic carbocycles. The smallest absolute Gasteiger partial charge is 0.264 e. The second-order valence-corrected chi connectivity index (χ2v) is 13.8. The van der Waals surface area contributed by atoms with Gasteiger partial charge in [-0.3, -0.25) is 13.9 Å². The van der Waals surface area contributed by atoms with Crippen molar-refractivity contribution in [3.63, 3.8) is 0 Å². The Morgan fingerprint density at radius 1 is 0.860 bits per heavy atom. The van der Waals surface area contributed by atoms with Crippen LogP contribution in [0.4, 0.5) is 5.69 Å². The molecule has 0 unspecified atom stereocenters. The number of nitrogens with one attached hydrogen (secondary N) is 1. The zero-order chi connectivity index (χ0) is 31.1. The van der Waals surface area contributed by atoms with Crippen molar-refractivity contribution in [3.05, 3.63) is 94.5 Å². The van der Waals surface area contributed by atoms with Gasteiger partial charge in [0, 0.05) is 12.6 Å². The summed E-state index contributed by atoms with van der Waals surface area (Å²) < 4.78 is 29.5. The maximum absolute atomic E-state index is 14.4. The lowest BCUT2D eigenvalue weighted by Gasteiger charge is -2.35. The van der Waals surface area contributed by atoms with Gasteiger partial charge in [-0.25, -0.2) is 8.42 Å². The van der Waals surface area contributed by atoms with Crippen molar-refractivity contribution in [1.82, 2.24) is 10.2 Å². The second kappa shape index (κ2) is 14.2. The fourth-order valence-corrected chi connectivity index (χ4v) is 7.39. The number of carbonyl (C=O) groups is 2. The zero-order valence-corrected chi connectivity index (χ0v) is 26.9. The van der Waals surface area contributed by atoms with E-state index in [0.717, 1.165) is 53.5 Å². The van der Waals surface area contributed by atoms with Crippen LogP contribution in [0.2, 0.25) is 0 Å². The van der Waals surface area contributed by atoms with E-state index in [4.69, 9.17) is 0 Å². The van der Waals surface area contributed by atoms with Crippen LogP contribution in [0.3, 0.4) is 0 Å². The van der Waals surface area contributed by atoms with Gasteiger partial charge in [0.25, 0.3) is 10.0 Å². The molecule has 0 saturated heterocycles. The predicted molar refractivity (Wildman–Crippen MR) is 172 cm³/mol. The predicted octanol–water partition coefficient (Wildman–Crippen LogP) is 6.37. The summed E-state index contributed by atoms with van der Waals surface area (Å²) in [7, 11) is -4.10. The molecule has 1 fully saturated rings. The SMILES string of the molecule is CC[C@H](C(=O)NC1CCCCC1)N(Cc1cccc(C)c1)C(=O)CN(c1ccc(C)cc1C)S(=O)(=O)c1ccc(C)cc1. The Bertz CT molecular complexity index is 1530. The third-order valence-electron chi connectivity index (χ3n) is 8.28. The third kappa shape index (κ3) is 8.05. The molecule has 3 aromatic rings. The van der Waals surface area contributed by atoms with Crippen LogP contribution in [0.5, 0.6) is 0 Å². The summed E-state index contributed by atoms with van der Waals surface area (Å²) in [5, 5.41) is 3.20. The average molecular weight is 604 g/mol. The van der Waals surface area contributed by atoms with Crippen molar-refractivity contribution < 1.29 is 18.0 Å². The van der Waals surface area contributed by atoms with Gasteiger partial charge < -0.3 is 10.2 Å². The van der Waals surface area contributed by atoms with Crippen LogP contribution < -0.4 is 9.62 Å². The minimum Gasteiger partial charge on any atom is -0.352 e. The van der Waals surface area contributed by atoms with Crippen LogP contribution in [-0.4, -0.2) is 43.8 Å². The number of hydrogen-bond donors (Lipinski definition) is 1. The van der Waals surface area contributed by atoms with E-state index in [1.165, 1.54) is 10.7 Å². The summed E-state index contributed by atoms with van der Waals surface area (Å²) in [6, 6.07) is 19.4. The van der Waals surface area contributed by atoms with E-state index in [2.05, 4.69) is 5.32 Å². The molecular weight excluding hydrogens is 558 g/mol. The van der Waals surface area contributed by atoms with Crippen molar-refractivity contribution in [3.8, 4) is 0 Å². The Morgan fingerprint density at radius 2 is 1.51 bits per heavy atom. The van der Waals surface area contributed by atoms with E-state index in [9.17, 15) is 18.0 Å². The van der Waals surface area contributed by atoms with Gasteiger partial charge >= 0.3 is 0 Å².